The number of esters is 1. The maximum absolute atomic E-state index is 11.7. The van der Waals surface area contributed by atoms with Gasteiger partial charge in [-0.2, -0.15) is 0 Å². The molecular weight excluding hydrogens is 212 g/mol. The van der Waals surface area contributed by atoms with E-state index in [1.807, 2.05) is 18.2 Å². The molecule has 1 aliphatic rings. The van der Waals surface area contributed by atoms with Gasteiger partial charge in [0.15, 0.2) is 0 Å². The second kappa shape index (κ2) is 5.67. The first-order chi connectivity index (χ1) is 8.31. The molecule has 0 aliphatic heterocycles. The van der Waals surface area contributed by atoms with Gasteiger partial charge >= 0.3 is 5.97 Å². The van der Waals surface area contributed by atoms with Crippen LogP contribution in [0.1, 0.15) is 18.4 Å². The fraction of sp³-hybridized carbons (Fsp3) is 0.400. The van der Waals surface area contributed by atoms with Crippen molar-refractivity contribution in [3.63, 3.8) is 0 Å². The Labute approximate surface area is 102 Å². The number of rotatable bonds is 3. The molecule has 0 N–H and O–H groups in total. The lowest BCUT2D eigenvalue weighted by molar-refractivity contribution is -0.147. The van der Waals surface area contributed by atoms with Crippen LogP contribution in [0, 0.1) is 11.8 Å². The van der Waals surface area contributed by atoms with Crippen LogP contribution in [0.15, 0.2) is 42.5 Å². The molecule has 0 spiro atoms. The van der Waals surface area contributed by atoms with Crippen LogP contribution in [0.25, 0.3) is 0 Å². The molecular formula is C15H18O2. The Hall–Kier alpha value is -1.57. The Morgan fingerprint density at radius 1 is 1.35 bits per heavy atom. The molecule has 0 aromatic heterocycles. The van der Waals surface area contributed by atoms with Gasteiger partial charge in [0.2, 0.25) is 0 Å². The van der Waals surface area contributed by atoms with Crippen molar-refractivity contribution in [2.24, 2.45) is 11.8 Å². The molecule has 1 aromatic carbocycles. The van der Waals surface area contributed by atoms with Crippen molar-refractivity contribution in [2.45, 2.75) is 19.3 Å². The minimum Gasteiger partial charge on any atom is -0.469 e. The van der Waals surface area contributed by atoms with E-state index in [4.69, 9.17) is 4.74 Å². The molecule has 2 atom stereocenters. The average Bonchev–Trinajstić information content (AvgIpc) is 2.40. The van der Waals surface area contributed by atoms with Gasteiger partial charge in [0, 0.05) is 0 Å². The van der Waals surface area contributed by atoms with Crippen LogP contribution in [0.5, 0.6) is 0 Å². The predicted octanol–water partition coefficient (Wildman–Crippen LogP) is 2.98. The van der Waals surface area contributed by atoms with E-state index in [1.54, 1.807) is 0 Å². The summed E-state index contributed by atoms with van der Waals surface area (Å²) >= 11 is 0. The molecule has 0 fully saturated rings. The third-order valence-electron chi connectivity index (χ3n) is 3.36. The minimum absolute atomic E-state index is 0.0187. The number of carbonyl (C=O) groups excluding carboxylic acids is 1. The highest BCUT2D eigenvalue weighted by Gasteiger charge is 2.28. The van der Waals surface area contributed by atoms with Gasteiger partial charge in [-0.3, -0.25) is 4.79 Å². The molecule has 0 saturated carbocycles. The Morgan fingerprint density at radius 2 is 2.12 bits per heavy atom. The highest BCUT2D eigenvalue weighted by atomic mass is 16.5. The van der Waals surface area contributed by atoms with Crippen LogP contribution in [0.2, 0.25) is 0 Å². The Balaban J connectivity index is 2.09. The fourth-order valence-electron chi connectivity index (χ4n) is 2.44. The number of ether oxygens (including phenoxy) is 1. The molecule has 90 valence electrons. The first-order valence-corrected chi connectivity index (χ1v) is 6.09. The van der Waals surface area contributed by atoms with E-state index < -0.39 is 0 Å². The average molecular weight is 230 g/mol. The molecule has 0 saturated heterocycles. The quantitative estimate of drug-likeness (QED) is 0.589. The summed E-state index contributed by atoms with van der Waals surface area (Å²) < 4.78 is 4.88. The van der Waals surface area contributed by atoms with Crippen LogP contribution in [-0.4, -0.2) is 13.1 Å². The maximum atomic E-state index is 11.7. The molecule has 0 amide bonds. The van der Waals surface area contributed by atoms with E-state index in [0.29, 0.717) is 0 Å². The van der Waals surface area contributed by atoms with Gasteiger partial charge in [-0.1, -0.05) is 42.5 Å². The van der Waals surface area contributed by atoms with Gasteiger partial charge in [0.05, 0.1) is 13.0 Å². The largest absolute Gasteiger partial charge is 0.469 e. The molecule has 17 heavy (non-hydrogen) atoms. The van der Waals surface area contributed by atoms with E-state index in [-0.39, 0.29) is 17.8 Å². The van der Waals surface area contributed by atoms with Crippen LogP contribution >= 0.6 is 0 Å². The summed E-state index contributed by atoms with van der Waals surface area (Å²) in [5.41, 5.74) is 1.28. The van der Waals surface area contributed by atoms with Crippen molar-refractivity contribution in [1.82, 2.24) is 0 Å². The summed E-state index contributed by atoms with van der Waals surface area (Å²) in [6.45, 7) is 0. The summed E-state index contributed by atoms with van der Waals surface area (Å²) in [6, 6.07) is 10.3. The first kappa shape index (κ1) is 11.9. The summed E-state index contributed by atoms with van der Waals surface area (Å²) in [4.78, 5) is 11.7. The highest BCUT2D eigenvalue weighted by Crippen LogP contribution is 2.28. The zero-order chi connectivity index (χ0) is 12.1. The standard InChI is InChI=1S/C15H18O2/c1-17-15(16)14-10-6-5-9-13(14)11-12-7-3-2-4-8-12/h2-5,7-9,13-14H,6,10-11H2,1H3/t13-,14-/m0/s1. The molecule has 2 heteroatoms. The number of hydrogen-bond acceptors (Lipinski definition) is 2. The number of carbonyl (C=O) groups is 1. The molecule has 1 aromatic rings. The number of allylic oxidation sites excluding steroid dienone is 2. The van der Waals surface area contributed by atoms with E-state index in [2.05, 4.69) is 24.3 Å². The summed E-state index contributed by atoms with van der Waals surface area (Å²) in [5.74, 6) is 0.221. The lowest BCUT2D eigenvalue weighted by Gasteiger charge is -2.25. The molecule has 0 bridgehead atoms. The third kappa shape index (κ3) is 2.96. The monoisotopic (exact) mass is 230 g/mol. The highest BCUT2D eigenvalue weighted by molar-refractivity contribution is 5.73. The third-order valence-corrected chi connectivity index (χ3v) is 3.36. The summed E-state index contributed by atoms with van der Waals surface area (Å²) in [5, 5.41) is 0. The molecule has 2 rings (SSSR count). The van der Waals surface area contributed by atoms with E-state index in [0.717, 1.165) is 19.3 Å². The number of hydrogen-bond donors (Lipinski definition) is 0. The van der Waals surface area contributed by atoms with Crippen LogP contribution in [0.4, 0.5) is 0 Å². The normalized spacial score (nSPS) is 23.4. The molecule has 0 unspecified atom stereocenters. The van der Waals surface area contributed by atoms with Gasteiger partial charge in [-0.05, 0) is 30.7 Å². The Bertz CT molecular complexity index is 395. The Morgan fingerprint density at radius 3 is 2.82 bits per heavy atom. The first-order valence-electron chi connectivity index (χ1n) is 6.09. The second-order valence-corrected chi connectivity index (χ2v) is 4.49. The van der Waals surface area contributed by atoms with Gasteiger partial charge in [0.1, 0.15) is 0 Å². The van der Waals surface area contributed by atoms with Gasteiger partial charge in [0.25, 0.3) is 0 Å². The minimum atomic E-state index is -0.0738. The van der Waals surface area contributed by atoms with E-state index >= 15 is 0 Å². The maximum Gasteiger partial charge on any atom is 0.309 e. The van der Waals surface area contributed by atoms with E-state index in [9.17, 15) is 4.79 Å². The van der Waals surface area contributed by atoms with Crippen LogP contribution in [0.3, 0.4) is 0 Å². The summed E-state index contributed by atoms with van der Waals surface area (Å²) in [7, 11) is 1.47. The van der Waals surface area contributed by atoms with Crippen molar-refractivity contribution < 1.29 is 9.53 Å². The van der Waals surface area contributed by atoms with Gasteiger partial charge in [-0.15, -0.1) is 0 Å². The lowest BCUT2D eigenvalue weighted by atomic mass is 9.80. The number of methoxy groups -OCH3 is 1. The fourth-order valence-corrected chi connectivity index (χ4v) is 2.44. The van der Waals surface area contributed by atoms with Crippen LogP contribution < -0.4 is 0 Å². The van der Waals surface area contributed by atoms with E-state index in [1.165, 1.54) is 12.7 Å². The molecule has 0 heterocycles. The van der Waals surface area contributed by atoms with Crippen molar-refractivity contribution in [3.05, 3.63) is 48.0 Å². The lowest BCUT2D eigenvalue weighted by Crippen LogP contribution is -2.27. The van der Waals surface area contributed by atoms with Crippen molar-refractivity contribution in [2.75, 3.05) is 7.11 Å². The van der Waals surface area contributed by atoms with Crippen LogP contribution in [-0.2, 0) is 16.0 Å². The topological polar surface area (TPSA) is 26.3 Å². The van der Waals surface area contributed by atoms with Crippen molar-refractivity contribution in [1.29, 1.82) is 0 Å². The number of benzene rings is 1. The molecule has 0 radical (unpaired) electrons. The zero-order valence-electron chi connectivity index (χ0n) is 10.1. The second-order valence-electron chi connectivity index (χ2n) is 4.49. The Kier molecular flexibility index (Phi) is 3.97. The smallest absolute Gasteiger partial charge is 0.309 e. The molecule has 1 aliphatic carbocycles. The predicted molar refractivity (Wildman–Crippen MR) is 67.5 cm³/mol. The van der Waals surface area contributed by atoms with Crippen molar-refractivity contribution in [3.8, 4) is 0 Å². The van der Waals surface area contributed by atoms with Gasteiger partial charge < -0.3 is 4.74 Å². The molecule has 2 nitrogen and oxygen atoms in total. The zero-order valence-corrected chi connectivity index (χ0v) is 10.1. The van der Waals surface area contributed by atoms with Gasteiger partial charge in [-0.25, -0.2) is 0 Å². The SMILES string of the molecule is COC(=O)[C@H]1CCC=C[C@H]1Cc1ccccc1. The summed E-state index contributed by atoms with van der Waals surface area (Å²) in [6.07, 6.45) is 7.13. The van der Waals surface area contributed by atoms with Crippen molar-refractivity contribution >= 4 is 5.97 Å².